The van der Waals surface area contributed by atoms with E-state index in [-0.39, 0.29) is 17.4 Å². The number of thiophene rings is 1. The van der Waals surface area contributed by atoms with Crippen LogP contribution < -0.4 is 5.32 Å². The zero-order chi connectivity index (χ0) is 19.3. The number of fused-ring (bicyclic) bond motifs is 5. The predicted molar refractivity (Wildman–Crippen MR) is 106 cm³/mol. The van der Waals surface area contributed by atoms with Crippen molar-refractivity contribution in [2.45, 2.75) is 87.7 Å². The molecule has 1 aromatic rings. The standard InChI is InChI=1S/C22H27NO4S/c1-2-21-4-3-13(10-21)17-16(21)15(19(24)25)18(28-17)23-20(26)22-8-11-5-12(9-22)7-14(6-11)27-22/h11-14H,2-10H2,1H3,(H,23,26)(H,24,25). The Balaban J connectivity index is 1.36. The summed E-state index contributed by atoms with van der Waals surface area (Å²) >= 11 is 1.52. The second-order valence-corrected chi connectivity index (χ2v) is 11.0. The Hall–Kier alpha value is -1.40. The number of carboxylic acid groups (broad SMARTS) is 1. The lowest BCUT2D eigenvalue weighted by Gasteiger charge is -2.55. The van der Waals surface area contributed by atoms with E-state index in [1.807, 2.05) is 0 Å². The minimum absolute atomic E-state index is 0.00435. The summed E-state index contributed by atoms with van der Waals surface area (Å²) in [7, 11) is 0. The van der Waals surface area contributed by atoms with E-state index in [4.69, 9.17) is 4.74 Å². The molecule has 0 radical (unpaired) electrons. The highest BCUT2D eigenvalue weighted by Gasteiger charge is 2.57. The number of aromatic carboxylic acids is 1. The highest BCUT2D eigenvalue weighted by atomic mass is 32.1. The number of rotatable bonds is 4. The number of carbonyl (C=O) groups excluding carboxylic acids is 1. The first-order valence-electron chi connectivity index (χ1n) is 10.8. The van der Waals surface area contributed by atoms with Gasteiger partial charge in [-0.2, -0.15) is 0 Å². The Morgan fingerprint density at radius 3 is 2.61 bits per heavy atom. The summed E-state index contributed by atoms with van der Waals surface area (Å²) in [6.07, 6.45) is 9.46. The molecule has 6 aliphatic rings. The third-order valence-corrected chi connectivity index (χ3v) is 9.73. The van der Waals surface area contributed by atoms with E-state index in [0.29, 0.717) is 28.3 Å². The van der Waals surface area contributed by atoms with Crippen LogP contribution in [0.4, 0.5) is 5.00 Å². The molecular weight excluding hydrogens is 374 g/mol. The predicted octanol–water partition coefficient (Wildman–Crippen LogP) is 4.66. The number of nitrogens with one attached hydrogen (secondary N) is 1. The van der Waals surface area contributed by atoms with E-state index in [2.05, 4.69) is 12.2 Å². The lowest BCUT2D eigenvalue weighted by molar-refractivity contribution is -0.215. The summed E-state index contributed by atoms with van der Waals surface area (Å²) in [5, 5.41) is 13.6. The molecule has 7 rings (SSSR count). The van der Waals surface area contributed by atoms with Gasteiger partial charge in [0.2, 0.25) is 0 Å². The fraction of sp³-hybridized carbons (Fsp3) is 0.727. The van der Waals surface area contributed by atoms with Crippen molar-refractivity contribution in [3.63, 3.8) is 0 Å². The molecule has 6 bridgehead atoms. The first-order chi connectivity index (χ1) is 13.4. The van der Waals surface area contributed by atoms with Crippen molar-refractivity contribution in [1.82, 2.24) is 0 Å². The van der Waals surface area contributed by atoms with E-state index in [9.17, 15) is 14.7 Å². The maximum Gasteiger partial charge on any atom is 0.339 e. The summed E-state index contributed by atoms with van der Waals surface area (Å²) in [4.78, 5) is 26.8. The number of anilines is 1. The second-order valence-electron chi connectivity index (χ2n) is 9.96. The van der Waals surface area contributed by atoms with Crippen LogP contribution in [0.15, 0.2) is 0 Å². The van der Waals surface area contributed by atoms with Crippen LogP contribution in [-0.2, 0) is 14.9 Å². The van der Waals surface area contributed by atoms with Gasteiger partial charge in [-0.25, -0.2) is 4.79 Å². The van der Waals surface area contributed by atoms with Crippen LogP contribution >= 0.6 is 11.3 Å². The van der Waals surface area contributed by atoms with Crippen molar-refractivity contribution < 1.29 is 19.4 Å². The van der Waals surface area contributed by atoms with Crippen LogP contribution in [0.1, 0.15) is 91.4 Å². The summed E-state index contributed by atoms with van der Waals surface area (Å²) in [6, 6.07) is 0. The number of carboxylic acids is 1. The van der Waals surface area contributed by atoms with Crippen LogP contribution in [0, 0.1) is 11.8 Å². The molecular formula is C22H27NO4S. The van der Waals surface area contributed by atoms with E-state index >= 15 is 0 Å². The van der Waals surface area contributed by atoms with E-state index in [1.165, 1.54) is 22.6 Å². The third-order valence-electron chi connectivity index (χ3n) is 8.46. The zero-order valence-electron chi connectivity index (χ0n) is 16.3. The number of amides is 1. The summed E-state index contributed by atoms with van der Waals surface area (Å²) in [6.45, 7) is 2.17. The van der Waals surface area contributed by atoms with Gasteiger partial charge < -0.3 is 15.2 Å². The maximum atomic E-state index is 13.4. The molecule has 150 valence electrons. The second kappa shape index (κ2) is 5.60. The van der Waals surface area contributed by atoms with Crippen LogP contribution in [0.5, 0.6) is 0 Å². The highest BCUT2D eigenvalue weighted by molar-refractivity contribution is 7.17. The molecule has 5 fully saturated rings. The molecule has 5 nitrogen and oxygen atoms in total. The lowest BCUT2D eigenvalue weighted by atomic mass is 9.62. The van der Waals surface area contributed by atoms with Gasteiger partial charge in [0.15, 0.2) is 0 Å². The van der Waals surface area contributed by atoms with Crippen molar-refractivity contribution >= 4 is 28.2 Å². The lowest BCUT2D eigenvalue weighted by Crippen LogP contribution is -2.60. The molecule has 2 saturated heterocycles. The molecule has 3 saturated carbocycles. The van der Waals surface area contributed by atoms with Crippen LogP contribution in [0.2, 0.25) is 0 Å². The Morgan fingerprint density at radius 1 is 1.21 bits per heavy atom. The Kier molecular flexibility index (Phi) is 3.49. The van der Waals surface area contributed by atoms with E-state index in [1.54, 1.807) is 0 Å². The Morgan fingerprint density at radius 2 is 1.96 bits per heavy atom. The first-order valence-corrected chi connectivity index (χ1v) is 11.6. The van der Waals surface area contributed by atoms with Gasteiger partial charge in [0.25, 0.3) is 5.91 Å². The van der Waals surface area contributed by atoms with E-state index < -0.39 is 11.6 Å². The molecule has 4 unspecified atom stereocenters. The molecule has 6 heteroatoms. The molecule has 4 aliphatic carbocycles. The van der Waals surface area contributed by atoms with Crippen molar-refractivity contribution in [1.29, 1.82) is 0 Å². The van der Waals surface area contributed by atoms with Gasteiger partial charge in [-0.1, -0.05) is 6.92 Å². The molecule has 28 heavy (non-hydrogen) atoms. The first kappa shape index (κ1) is 17.5. The van der Waals surface area contributed by atoms with Crippen molar-refractivity contribution in [2.24, 2.45) is 11.8 Å². The van der Waals surface area contributed by atoms with Crippen LogP contribution in [-0.4, -0.2) is 28.7 Å². The summed E-state index contributed by atoms with van der Waals surface area (Å²) < 4.78 is 6.26. The number of carbonyl (C=O) groups is 2. The summed E-state index contributed by atoms with van der Waals surface area (Å²) in [5.41, 5.74) is 0.665. The van der Waals surface area contributed by atoms with Gasteiger partial charge in [-0.15, -0.1) is 11.3 Å². The average molecular weight is 402 g/mol. The van der Waals surface area contributed by atoms with Crippen molar-refractivity contribution in [3.8, 4) is 0 Å². The fourth-order valence-corrected chi connectivity index (χ4v) is 8.89. The molecule has 0 spiro atoms. The van der Waals surface area contributed by atoms with Gasteiger partial charge in [-0.05, 0) is 86.5 Å². The van der Waals surface area contributed by atoms with Gasteiger partial charge >= 0.3 is 5.97 Å². The fourth-order valence-electron chi connectivity index (χ4n) is 7.45. The minimum Gasteiger partial charge on any atom is -0.478 e. The van der Waals surface area contributed by atoms with Gasteiger partial charge in [-0.3, -0.25) is 4.79 Å². The van der Waals surface area contributed by atoms with Crippen LogP contribution in [0.3, 0.4) is 0 Å². The van der Waals surface area contributed by atoms with Gasteiger partial charge in [0.1, 0.15) is 10.6 Å². The molecule has 2 N–H and O–H groups in total. The monoisotopic (exact) mass is 401 g/mol. The average Bonchev–Trinajstić information content (AvgIpc) is 3.30. The quantitative estimate of drug-likeness (QED) is 0.769. The Bertz CT molecular complexity index is 854. The molecule has 2 aliphatic heterocycles. The SMILES string of the molecule is CCC12CCC(C1)c1sc(NC(=O)C34CC5CC(CC(C5)O3)C4)c(C(=O)O)c12. The largest absolute Gasteiger partial charge is 0.478 e. The maximum absolute atomic E-state index is 13.4. The number of hydrogen-bond acceptors (Lipinski definition) is 4. The summed E-state index contributed by atoms with van der Waals surface area (Å²) in [5.74, 6) is 0.637. The molecule has 0 aromatic carbocycles. The number of ether oxygens (including phenoxy) is 1. The number of hydrogen-bond donors (Lipinski definition) is 2. The highest BCUT2D eigenvalue weighted by Crippen LogP contribution is 2.63. The Labute approximate surface area is 168 Å². The van der Waals surface area contributed by atoms with Gasteiger partial charge in [0.05, 0.1) is 11.7 Å². The topological polar surface area (TPSA) is 75.6 Å². The van der Waals surface area contributed by atoms with E-state index in [0.717, 1.165) is 56.9 Å². The van der Waals surface area contributed by atoms with Crippen molar-refractivity contribution in [2.75, 3.05) is 5.32 Å². The molecule has 1 amide bonds. The third kappa shape index (κ3) is 2.16. The minimum atomic E-state index is -0.903. The molecule has 4 atom stereocenters. The zero-order valence-corrected chi connectivity index (χ0v) is 17.1. The van der Waals surface area contributed by atoms with Crippen molar-refractivity contribution in [3.05, 3.63) is 16.0 Å². The van der Waals surface area contributed by atoms with Gasteiger partial charge in [0, 0.05) is 4.88 Å². The molecule has 3 heterocycles. The molecule has 1 aromatic heterocycles. The normalized spacial score (nSPS) is 42.0. The smallest absolute Gasteiger partial charge is 0.339 e. The van der Waals surface area contributed by atoms with Crippen LogP contribution in [0.25, 0.3) is 0 Å².